The zero-order valence-corrected chi connectivity index (χ0v) is 17.2. The van der Waals surface area contributed by atoms with E-state index in [1.54, 1.807) is 66.7 Å². The fourth-order valence-corrected chi connectivity index (χ4v) is 4.05. The third kappa shape index (κ3) is 3.55. The molecule has 1 amide bonds. The first-order valence-electron chi connectivity index (χ1n) is 9.15. The summed E-state index contributed by atoms with van der Waals surface area (Å²) in [5.74, 6) is -1.16. The molecule has 30 heavy (non-hydrogen) atoms. The molecule has 0 aromatic heterocycles. The molecular formula is C23H18N2O4S. The fourth-order valence-electron chi connectivity index (χ4n) is 3.42. The highest BCUT2D eigenvalue weighted by Crippen LogP contribution is 2.36. The van der Waals surface area contributed by atoms with Crippen molar-refractivity contribution in [2.75, 3.05) is 17.8 Å². The minimum Gasteiger partial charge on any atom is -0.321 e. The van der Waals surface area contributed by atoms with Crippen LogP contribution in [-0.2, 0) is 9.73 Å². The molecule has 0 aliphatic heterocycles. The molecule has 7 heteroatoms. The fraction of sp³-hybridized carbons (Fsp3) is 0.0870. The third-order valence-electron chi connectivity index (χ3n) is 4.65. The Balaban J connectivity index is 1.83. The second-order valence-corrected chi connectivity index (χ2v) is 9.72. The van der Waals surface area contributed by atoms with E-state index in [-0.39, 0.29) is 45.3 Å². The second-order valence-electron chi connectivity index (χ2n) is 7.18. The molecule has 3 aromatic carbocycles. The molecular weight excluding hydrogens is 400 g/mol. The van der Waals surface area contributed by atoms with Crippen LogP contribution < -0.4 is 5.32 Å². The Labute approximate surface area is 174 Å². The molecule has 0 unspecified atom stereocenters. The minimum absolute atomic E-state index is 0.137. The molecule has 150 valence electrons. The quantitative estimate of drug-likeness (QED) is 0.543. The average molecular weight is 418 g/mol. The molecule has 0 fully saturated rings. The maximum atomic E-state index is 13.3. The lowest BCUT2D eigenvalue weighted by Crippen LogP contribution is -2.24. The normalized spacial score (nSPS) is 12.7. The first-order valence-corrected chi connectivity index (χ1v) is 11.5. The minimum atomic E-state index is -2.53. The standard InChI is InChI=1S/C23H18N2O4S/c1-30(2,29)25-18-13-7-11-16-20(18)22(27)15-10-6-12-17(19(15)21(16)26)24-23(28)14-8-4-3-5-9-14/h3-13H,1-2H3,(H,24,28). The summed E-state index contributed by atoms with van der Waals surface area (Å²) in [5, 5.41) is 2.74. The molecule has 0 atom stereocenters. The molecule has 3 aromatic rings. The summed E-state index contributed by atoms with van der Waals surface area (Å²) < 4.78 is 16.3. The van der Waals surface area contributed by atoms with Crippen molar-refractivity contribution in [2.24, 2.45) is 4.36 Å². The van der Waals surface area contributed by atoms with E-state index < -0.39 is 15.5 Å². The maximum Gasteiger partial charge on any atom is 0.255 e. The van der Waals surface area contributed by atoms with Crippen molar-refractivity contribution in [2.45, 2.75) is 0 Å². The van der Waals surface area contributed by atoms with Crippen LogP contribution in [0.4, 0.5) is 11.4 Å². The first-order chi connectivity index (χ1) is 14.3. The molecule has 0 bridgehead atoms. The molecule has 6 nitrogen and oxygen atoms in total. The third-order valence-corrected chi connectivity index (χ3v) is 5.29. The van der Waals surface area contributed by atoms with Crippen LogP contribution in [0.1, 0.15) is 42.2 Å². The number of nitrogens with zero attached hydrogens (tertiary/aromatic N) is 1. The van der Waals surface area contributed by atoms with E-state index in [4.69, 9.17) is 0 Å². The van der Waals surface area contributed by atoms with E-state index in [1.807, 2.05) is 0 Å². The molecule has 4 rings (SSSR count). The Morgan fingerprint density at radius 2 is 1.40 bits per heavy atom. The van der Waals surface area contributed by atoms with Gasteiger partial charge in [0.1, 0.15) is 0 Å². The highest BCUT2D eigenvalue weighted by Gasteiger charge is 2.34. The Morgan fingerprint density at radius 3 is 2.07 bits per heavy atom. The van der Waals surface area contributed by atoms with Crippen LogP contribution in [0, 0.1) is 0 Å². The number of rotatable bonds is 3. The van der Waals surface area contributed by atoms with Crippen molar-refractivity contribution in [1.29, 1.82) is 0 Å². The summed E-state index contributed by atoms with van der Waals surface area (Å²) in [5.41, 5.74) is 1.57. The lowest BCUT2D eigenvalue weighted by atomic mass is 9.82. The van der Waals surface area contributed by atoms with Gasteiger partial charge in [0.05, 0.1) is 22.5 Å². The highest BCUT2D eigenvalue weighted by molar-refractivity contribution is 7.92. The van der Waals surface area contributed by atoms with Crippen LogP contribution in [0.3, 0.4) is 0 Å². The van der Waals surface area contributed by atoms with Gasteiger partial charge in [0.15, 0.2) is 11.6 Å². The van der Waals surface area contributed by atoms with Crippen LogP contribution >= 0.6 is 0 Å². The number of anilines is 1. The monoisotopic (exact) mass is 418 g/mol. The molecule has 0 heterocycles. The van der Waals surface area contributed by atoms with Crippen LogP contribution in [-0.4, -0.2) is 34.2 Å². The number of ketones is 2. The lowest BCUT2D eigenvalue weighted by molar-refractivity contribution is 0.0979. The van der Waals surface area contributed by atoms with Crippen LogP contribution in [0.25, 0.3) is 0 Å². The lowest BCUT2D eigenvalue weighted by Gasteiger charge is -2.21. The van der Waals surface area contributed by atoms with Gasteiger partial charge in [0, 0.05) is 38.9 Å². The van der Waals surface area contributed by atoms with Gasteiger partial charge in [0.2, 0.25) is 0 Å². The van der Waals surface area contributed by atoms with Crippen molar-refractivity contribution in [1.82, 2.24) is 0 Å². The van der Waals surface area contributed by atoms with E-state index in [9.17, 15) is 18.6 Å². The van der Waals surface area contributed by atoms with Gasteiger partial charge in [0.25, 0.3) is 5.91 Å². The largest absolute Gasteiger partial charge is 0.321 e. The van der Waals surface area contributed by atoms with Crippen molar-refractivity contribution in [3.8, 4) is 0 Å². The number of carbonyl (C=O) groups is 3. The molecule has 1 aliphatic carbocycles. The van der Waals surface area contributed by atoms with Gasteiger partial charge in [-0.3, -0.25) is 14.4 Å². The van der Waals surface area contributed by atoms with E-state index in [0.717, 1.165) is 0 Å². The maximum absolute atomic E-state index is 13.3. The number of carbonyl (C=O) groups excluding carboxylic acids is 3. The summed E-state index contributed by atoms with van der Waals surface area (Å²) >= 11 is 0. The summed E-state index contributed by atoms with van der Waals surface area (Å²) in [6.45, 7) is 0. The Hall–Kier alpha value is -3.58. The molecule has 0 spiro atoms. The highest BCUT2D eigenvalue weighted by atomic mass is 32.2. The van der Waals surface area contributed by atoms with Gasteiger partial charge < -0.3 is 5.32 Å². The Kier molecular flexibility index (Phi) is 4.83. The van der Waals surface area contributed by atoms with E-state index in [2.05, 4.69) is 9.68 Å². The summed E-state index contributed by atoms with van der Waals surface area (Å²) in [7, 11) is -2.53. The Morgan fingerprint density at radius 1 is 0.800 bits per heavy atom. The van der Waals surface area contributed by atoms with Crippen molar-refractivity contribution in [3.63, 3.8) is 0 Å². The van der Waals surface area contributed by atoms with Crippen molar-refractivity contribution >= 4 is 38.6 Å². The van der Waals surface area contributed by atoms with E-state index in [1.165, 1.54) is 12.5 Å². The van der Waals surface area contributed by atoms with Gasteiger partial charge in [-0.1, -0.05) is 42.5 Å². The summed E-state index contributed by atoms with van der Waals surface area (Å²) in [6, 6.07) is 18.1. The second kappa shape index (κ2) is 7.35. The summed E-state index contributed by atoms with van der Waals surface area (Å²) in [6.07, 6.45) is 2.93. The number of hydrogen-bond donors (Lipinski definition) is 1. The van der Waals surface area contributed by atoms with Crippen molar-refractivity contribution in [3.05, 3.63) is 94.5 Å². The van der Waals surface area contributed by atoms with Crippen LogP contribution in [0.15, 0.2) is 71.1 Å². The first kappa shape index (κ1) is 19.7. The molecule has 1 aliphatic rings. The van der Waals surface area contributed by atoms with E-state index in [0.29, 0.717) is 5.56 Å². The van der Waals surface area contributed by atoms with Crippen LogP contribution in [0.2, 0.25) is 0 Å². The predicted molar refractivity (Wildman–Crippen MR) is 116 cm³/mol. The van der Waals surface area contributed by atoms with E-state index >= 15 is 0 Å². The van der Waals surface area contributed by atoms with Gasteiger partial charge >= 0.3 is 0 Å². The number of fused-ring (bicyclic) bond motifs is 2. The van der Waals surface area contributed by atoms with Crippen LogP contribution in [0.5, 0.6) is 0 Å². The number of nitrogens with one attached hydrogen (secondary N) is 1. The average Bonchev–Trinajstić information content (AvgIpc) is 2.71. The zero-order chi connectivity index (χ0) is 21.5. The molecule has 0 saturated heterocycles. The predicted octanol–water partition coefficient (Wildman–Crippen LogP) is 4.07. The smallest absolute Gasteiger partial charge is 0.255 e. The molecule has 0 radical (unpaired) electrons. The van der Waals surface area contributed by atoms with Gasteiger partial charge in [-0.25, -0.2) is 4.21 Å². The number of hydrogen-bond acceptors (Lipinski definition) is 5. The van der Waals surface area contributed by atoms with Crippen molar-refractivity contribution < 1.29 is 18.6 Å². The zero-order valence-electron chi connectivity index (χ0n) is 16.3. The van der Waals surface area contributed by atoms with Gasteiger partial charge in [-0.15, -0.1) is 0 Å². The summed E-state index contributed by atoms with van der Waals surface area (Å²) in [4.78, 5) is 39.1. The van der Waals surface area contributed by atoms with Gasteiger partial charge in [-0.05, 0) is 24.3 Å². The topological polar surface area (TPSA) is 92.7 Å². The SMILES string of the molecule is CS(C)(=O)=Nc1cccc2c1C(=O)c1cccc(NC(=O)c3ccccc3)c1C2=O. The number of benzene rings is 3. The molecule has 0 saturated carbocycles. The van der Waals surface area contributed by atoms with Gasteiger partial charge in [-0.2, -0.15) is 4.36 Å². The number of amides is 1. The Bertz CT molecular complexity index is 1330. The molecule has 1 N–H and O–H groups in total.